The molecule has 0 atom stereocenters. The number of nitrogens with zero attached hydrogens (tertiary/aromatic N) is 1. The van der Waals surface area contributed by atoms with Crippen molar-refractivity contribution in [3.8, 4) is 0 Å². The molecule has 1 N–H and O–H groups in total. The fourth-order valence-corrected chi connectivity index (χ4v) is 3.46. The highest BCUT2D eigenvalue weighted by Crippen LogP contribution is 2.17. The van der Waals surface area contributed by atoms with Gasteiger partial charge in [-0.2, -0.15) is 0 Å². The molecular weight excluding hydrogens is 360 g/mol. The highest BCUT2D eigenvalue weighted by atomic mass is 35.5. The molecule has 1 aliphatic heterocycles. The standard InChI is InChI=1S/C22H25ClN2O2/c23-19-12-10-17(11-13-19)6-4-9-21(26)24-20-8-5-7-18(16-20)22(27)25-14-2-1-3-15-25/h5,7-8,10-13,16H,1-4,6,9,14-15H2,(H,24,26). The molecule has 1 saturated heterocycles. The van der Waals surface area contributed by atoms with Crippen LogP contribution in [0.3, 0.4) is 0 Å². The van der Waals surface area contributed by atoms with Gasteiger partial charge in [0.15, 0.2) is 0 Å². The summed E-state index contributed by atoms with van der Waals surface area (Å²) in [5.41, 5.74) is 2.48. The lowest BCUT2D eigenvalue weighted by Gasteiger charge is -2.26. The molecule has 0 aromatic heterocycles. The summed E-state index contributed by atoms with van der Waals surface area (Å²) in [6.45, 7) is 1.64. The van der Waals surface area contributed by atoms with E-state index in [9.17, 15) is 9.59 Å². The zero-order valence-corrected chi connectivity index (χ0v) is 16.2. The molecule has 27 heavy (non-hydrogen) atoms. The van der Waals surface area contributed by atoms with Crippen LogP contribution in [0.4, 0.5) is 5.69 Å². The lowest BCUT2D eigenvalue weighted by molar-refractivity contribution is -0.116. The summed E-state index contributed by atoms with van der Waals surface area (Å²) in [7, 11) is 0. The number of amides is 2. The first-order chi connectivity index (χ1) is 13.1. The number of piperidine rings is 1. The van der Waals surface area contributed by atoms with Crippen LogP contribution in [-0.4, -0.2) is 29.8 Å². The van der Waals surface area contributed by atoms with E-state index in [1.807, 2.05) is 47.4 Å². The number of aryl methyl sites for hydroxylation is 1. The van der Waals surface area contributed by atoms with Crippen molar-refractivity contribution in [3.05, 3.63) is 64.7 Å². The van der Waals surface area contributed by atoms with Crippen LogP contribution in [0.2, 0.25) is 5.02 Å². The minimum absolute atomic E-state index is 0.0356. The SMILES string of the molecule is O=C(CCCc1ccc(Cl)cc1)Nc1cccc(C(=O)N2CCCCC2)c1. The zero-order chi connectivity index (χ0) is 19.1. The quantitative estimate of drug-likeness (QED) is 0.767. The Balaban J connectivity index is 1.50. The van der Waals surface area contributed by atoms with Crippen molar-refractivity contribution >= 4 is 29.1 Å². The molecule has 0 aliphatic carbocycles. The lowest BCUT2D eigenvalue weighted by Crippen LogP contribution is -2.35. The molecule has 0 unspecified atom stereocenters. The summed E-state index contributed by atoms with van der Waals surface area (Å²) in [6.07, 6.45) is 5.35. The highest BCUT2D eigenvalue weighted by molar-refractivity contribution is 6.30. The Labute approximate surface area is 165 Å². The Kier molecular flexibility index (Phi) is 6.88. The van der Waals surface area contributed by atoms with E-state index in [1.165, 1.54) is 12.0 Å². The first kappa shape index (κ1) is 19.4. The van der Waals surface area contributed by atoms with Crippen LogP contribution in [0.25, 0.3) is 0 Å². The van der Waals surface area contributed by atoms with Gasteiger partial charge in [0.2, 0.25) is 5.91 Å². The summed E-state index contributed by atoms with van der Waals surface area (Å²) in [4.78, 5) is 26.7. The third kappa shape index (κ3) is 5.83. The second-order valence-electron chi connectivity index (χ2n) is 6.96. The second-order valence-corrected chi connectivity index (χ2v) is 7.40. The maximum absolute atomic E-state index is 12.6. The summed E-state index contributed by atoms with van der Waals surface area (Å²) in [5, 5.41) is 3.62. The first-order valence-electron chi connectivity index (χ1n) is 9.55. The van der Waals surface area contributed by atoms with Crippen molar-refractivity contribution in [2.75, 3.05) is 18.4 Å². The van der Waals surface area contributed by atoms with Crippen LogP contribution < -0.4 is 5.32 Å². The van der Waals surface area contributed by atoms with Crippen LogP contribution in [0, 0.1) is 0 Å². The van der Waals surface area contributed by atoms with Gasteiger partial charge >= 0.3 is 0 Å². The molecule has 0 spiro atoms. The molecule has 1 aliphatic rings. The molecule has 3 rings (SSSR count). The number of carbonyl (C=O) groups excluding carboxylic acids is 2. The van der Waals surface area contributed by atoms with Gasteiger partial charge in [-0.15, -0.1) is 0 Å². The van der Waals surface area contributed by atoms with E-state index in [4.69, 9.17) is 11.6 Å². The summed E-state index contributed by atoms with van der Waals surface area (Å²) in [5.74, 6) is 0.0140. The van der Waals surface area contributed by atoms with E-state index >= 15 is 0 Å². The number of carbonyl (C=O) groups is 2. The molecular formula is C22H25ClN2O2. The number of likely N-dealkylation sites (tertiary alicyclic amines) is 1. The summed E-state index contributed by atoms with van der Waals surface area (Å²) in [6, 6.07) is 14.9. The highest BCUT2D eigenvalue weighted by Gasteiger charge is 2.18. The van der Waals surface area contributed by atoms with E-state index < -0.39 is 0 Å². The van der Waals surface area contributed by atoms with Crippen LogP contribution in [0.5, 0.6) is 0 Å². The molecule has 2 aromatic rings. The lowest BCUT2D eigenvalue weighted by atomic mass is 10.1. The first-order valence-corrected chi connectivity index (χ1v) is 9.93. The monoisotopic (exact) mass is 384 g/mol. The molecule has 1 heterocycles. The fourth-order valence-electron chi connectivity index (χ4n) is 3.34. The number of hydrogen-bond acceptors (Lipinski definition) is 2. The predicted molar refractivity (Wildman–Crippen MR) is 109 cm³/mol. The molecule has 1 fully saturated rings. The predicted octanol–water partition coefficient (Wildman–Crippen LogP) is 4.93. The van der Waals surface area contributed by atoms with Crippen LogP contribution in [-0.2, 0) is 11.2 Å². The smallest absolute Gasteiger partial charge is 0.253 e. The number of rotatable bonds is 6. The Morgan fingerprint density at radius 3 is 2.48 bits per heavy atom. The van der Waals surface area contributed by atoms with Gasteiger partial charge in [0, 0.05) is 35.8 Å². The van der Waals surface area contributed by atoms with E-state index in [-0.39, 0.29) is 11.8 Å². The molecule has 5 heteroatoms. The minimum atomic E-state index is -0.0356. The largest absolute Gasteiger partial charge is 0.339 e. The average Bonchev–Trinajstić information content (AvgIpc) is 2.70. The topological polar surface area (TPSA) is 49.4 Å². The molecule has 142 valence electrons. The number of anilines is 1. The average molecular weight is 385 g/mol. The Morgan fingerprint density at radius 2 is 1.74 bits per heavy atom. The zero-order valence-electron chi connectivity index (χ0n) is 15.4. The van der Waals surface area contributed by atoms with Crippen molar-refractivity contribution < 1.29 is 9.59 Å². The maximum atomic E-state index is 12.6. The molecule has 0 bridgehead atoms. The van der Waals surface area contributed by atoms with E-state index in [2.05, 4.69) is 5.32 Å². The molecule has 0 radical (unpaired) electrons. The van der Waals surface area contributed by atoms with E-state index in [1.54, 1.807) is 6.07 Å². The van der Waals surface area contributed by atoms with Crippen LogP contribution >= 0.6 is 11.6 Å². The minimum Gasteiger partial charge on any atom is -0.339 e. The number of nitrogens with one attached hydrogen (secondary N) is 1. The van der Waals surface area contributed by atoms with Crippen molar-refractivity contribution in [1.29, 1.82) is 0 Å². The van der Waals surface area contributed by atoms with Gasteiger partial charge in [0.1, 0.15) is 0 Å². The fraction of sp³-hybridized carbons (Fsp3) is 0.364. The van der Waals surface area contributed by atoms with Crippen LogP contribution in [0.1, 0.15) is 48.0 Å². The van der Waals surface area contributed by atoms with Gasteiger partial charge in [-0.05, 0) is 68.0 Å². The van der Waals surface area contributed by atoms with Gasteiger partial charge < -0.3 is 10.2 Å². The van der Waals surface area contributed by atoms with Gasteiger partial charge in [-0.25, -0.2) is 0 Å². The normalized spacial score (nSPS) is 14.0. The van der Waals surface area contributed by atoms with E-state index in [0.717, 1.165) is 43.8 Å². The van der Waals surface area contributed by atoms with Crippen LogP contribution in [0.15, 0.2) is 48.5 Å². The second kappa shape index (κ2) is 9.56. The van der Waals surface area contributed by atoms with Gasteiger partial charge in [0.25, 0.3) is 5.91 Å². The van der Waals surface area contributed by atoms with Crippen molar-refractivity contribution in [1.82, 2.24) is 4.90 Å². The third-order valence-electron chi connectivity index (χ3n) is 4.82. The molecule has 2 amide bonds. The third-order valence-corrected chi connectivity index (χ3v) is 5.07. The van der Waals surface area contributed by atoms with Crippen molar-refractivity contribution in [2.45, 2.75) is 38.5 Å². The summed E-state index contributed by atoms with van der Waals surface area (Å²) < 4.78 is 0. The number of benzene rings is 2. The van der Waals surface area contributed by atoms with E-state index in [0.29, 0.717) is 17.7 Å². The molecule has 0 saturated carbocycles. The van der Waals surface area contributed by atoms with Crippen molar-refractivity contribution in [2.24, 2.45) is 0 Å². The Morgan fingerprint density at radius 1 is 1.00 bits per heavy atom. The Hall–Kier alpha value is -2.33. The van der Waals surface area contributed by atoms with Gasteiger partial charge in [-0.3, -0.25) is 9.59 Å². The van der Waals surface area contributed by atoms with Gasteiger partial charge in [-0.1, -0.05) is 29.8 Å². The Bertz CT molecular complexity index is 783. The number of hydrogen-bond donors (Lipinski definition) is 1. The number of halogens is 1. The van der Waals surface area contributed by atoms with Gasteiger partial charge in [0.05, 0.1) is 0 Å². The maximum Gasteiger partial charge on any atom is 0.253 e. The molecule has 4 nitrogen and oxygen atoms in total. The summed E-state index contributed by atoms with van der Waals surface area (Å²) >= 11 is 5.88. The molecule has 2 aromatic carbocycles. The van der Waals surface area contributed by atoms with Crippen molar-refractivity contribution in [3.63, 3.8) is 0 Å².